The van der Waals surface area contributed by atoms with Gasteiger partial charge in [-0.15, -0.1) is 11.8 Å². The van der Waals surface area contributed by atoms with Crippen molar-refractivity contribution < 1.29 is 4.39 Å². The SMILES string of the molecule is CCCSc1cc(-n2cnc3ccccc3c2=O)c(F)cc1C. The summed E-state index contributed by atoms with van der Waals surface area (Å²) in [5.41, 5.74) is 1.48. The highest BCUT2D eigenvalue weighted by Crippen LogP contribution is 2.27. The Morgan fingerprint density at radius 3 is 2.83 bits per heavy atom. The van der Waals surface area contributed by atoms with Crippen molar-refractivity contribution in [3.63, 3.8) is 0 Å². The van der Waals surface area contributed by atoms with E-state index in [1.54, 1.807) is 36.0 Å². The van der Waals surface area contributed by atoms with Gasteiger partial charge in [0.1, 0.15) is 12.1 Å². The monoisotopic (exact) mass is 328 g/mol. The Kier molecular flexibility index (Phi) is 4.48. The summed E-state index contributed by atoms with van der Waals surface area (Å²) in [6.07, 6.45) is 2.43. The normalized spacial score (nSPS) is 11.1. The van der Waals surface area contributed by atoms with Crippen LogP contribution in [0.15, 0.2) is 52.4 Å². The van der Waals surface area contributed by atoms with E-state index in [-0.39, 0.29) is 11.2 Å². The first-order valence-corrected chi connectivity index (χ1v) is 8.50. The van der Waals surface area contributed by atoms with Gasteiger partial charge < -0.3 is 0 Å². The van der Waals surface area contributed by atoms with E-state index in [0.717, 1.165) is 22.6 Å². The van der Waals surface area contributed by atoms with Crippen LogP contribution in [0, 0.1) is 12.7 Å². The van der Waals surface area contributed by atoms with Gasteiger partial charge in [-0.1, -0.05) is 19.1 Å². The third-order valence-electron chi connectivity index (χ3n) is 3.63. The maximum atomic E-state index is 14.4. The van der Waals surface area contributed by atoms with E-state index in [2.05, 4.69) is 11.9 Å². The molecule has 0 radical (unpaired) electrons. The molecule has 0 spiro atoms. The number of hydrogen-bond acceptors (Lipinski definition) is 3. The van der Waals surface area contributed by atoms with Crippen LogP contribution < -0.4 is 5.56 Å². The number of para-hydroxylation sites is 1. The van der Waals surface area contributed by atoms with Crippen LogP contribution in [0.25, 0.3) is 16.6 Å². The van der Waals surface area contributed by atoms with E-state index in [9.17, 15) is 9.18 Å². The second-order valence-corrected chi connectivity index (χ2v) is 6.49. The molecule has 0 saturated carbocycles. The maximum absolute atomic E-state index is 14.4. The van der Waals surface area contributed by atoms with Gasteiger partial charge >= 0.3 is 0 Å². The molecule has 23 heavy (non-hydrogen) atoms. The summed E-state index contributed by atoms with van der Waals surface area (Å²) in [5.74, 6) is 0.541. The molecule has 0 atom stereocenters. The number of benzene rings is 2. The zero-order valence-electron chi connectivity index (χ0n) is 13.0. The second-order valence-electron chi connectivity index (χ2n) is 5.35. The molecule has 0 bridgehead atoms. The van der Waals surface area contributed by atoms with Gasteiger partial charge in [0.15, 0.2) is 0 Å². The van der Waals surface area contributed by atoms with Crippen LogP contribution in [0.5, 0.6) is 0 Å². The highest BCUT2D eigenvalue weighted by atomic mass is 32.2. The second kappa shape index (κ2) is 6.54. The average molecular weight is 328 g/mol. The third kappa shape index (κ3) is 3.01. The van der Waals surface area contributed by atoms with Gasteiger partial charge in [0.25, 0.3) is 5.56 Å². The van der Waals surface area contributed by atoms with E-state index in [4.69, 9.17) is 0 Å². The van der Waals surface area contributed by atoms with Crippen LogP contribution in [0.3, 0.4) is 0 Å². The lowest BCUT2D eigenvalue weighted by molar-refractivity contribution is 0.612. The first kappa shape index (κ1) is 15.7. The summed E-state index contributed by atoms with van der Waals surface area (Å²) in [4.78, 5) is 17.9. The Labute approximate surface area is 138 Å². The highest BCUT2D eigenvalue weighted by molar-refractivity contribution is 7.99. The number of hydrogen-bond donors (Lipinski definition) is 0. The molecule has 0 fully saturated rings. The minimum Gasteiger partial charge on any atom is -0.268 e. The van der Waals surface area contributed by atoms with Gasteiger partial charge in [0, 0.05) is 4.90 Å². The molecule has 3 nitrogen and oxygen atoms in total. The van der Waals surface area contributed by atoms with Crippen molar-refractivity contribution in [2.45, 2.75) is 25.2 Å². The molecule has 0 aliphatic carbocycles. The predicted molar refractivity (Wildman–Crippen MR) is 93.1 cm³/mol. The van der Waals surface area contributed by atoms with Crippen LogP contribution in [0.1, 0.15) is 18.9 Å². The Morgan fingerprint density at radius 2 is 2.04 bits per heavy atom. The number of aromatic nitrogens is 2. The molecule has 1 aromatic heterocycles. The molecule has 0 unspecified atom stereocenters. The third-order valence-corrected chi connectivity index (χ3v) is 4.99. The average Bonchev–Trinajstić information content (AvgIpc) is 2.55. The molecular weight excluding hydrogens is 311 g/mol. The lowest BCUT2D eigenvalue weighted by atomic mass is 10.2. The smallest absolute Gasteiger partial charge is 0.265 e. The number of thioether (sulfide) groups is 1. The quantitative estimate of drug-likeness (QED) is 0.668. The molecule has 1 heterocycles. The largest absolute Gasteiger partial charge is 0.268 e. The van der Waals surface area contributed by atoms with E-state index < -0.39 is 5.82 Å². The van der Waals surface area contributed by atoms with E-state index >= 15 is 0 Å². The number of rotatable bonds is 4. The van der Waals surface area contributed by atoms with Crippen LogP contribution >= 0.6 is 11.8 Å². The van der Waals surface area contributed by atoms with Crippen molar-refractivity contribution in [3.05, 3.63) is 64.5 Å². The molecule has 0 amide bonds. The van der Waals surface area contributed by atoms with Crippen molar-refractivity contribution in [2.75, 3.05) is 5.75 Å². The predicted octanol–water partition coefficient (Wildman–Crippen LogP) is 4.34. The standard InChI is InChI=1S/C18H17FN2OS/c1-3-8-23-17-10-16(14(19)9-12(17)2)21-11-20-15-7-5-4-6-13(15)18(21)22/h4-7,9-11H,3,8H2,1-2H3. The van der Waals surface area contributed by atoms with Crippen molar-refractivity contribution >= 4 is 22.7 Å². The molecule has 3 aromatic rings. The van der Waals surface area contributed by atoms with Gasteiger partial charge in [-0.2, -0.15) is 0 Å². The van der Waals surface area contributed by atoms with Crippen LogP contribution in [0.4, 0.5) is 4.39 Å². The van der Waals surface area contributed by atoms with Crippen LogP contribution in [0.2, 0.25) is 0 Å². The first-order valence-electron chi connectivity index (χ1n) is 7.51. The highest BCUT2D eigenvalue weighted by Gasteiger charge is 2.12. The fourth-order valence-electron chi connectivity index (χ4n) is 2.44. The van der Waals surface area contributed by atoms with Crippen LogP contribution in [-0.2, 0) is 0 Å². The van der Waals surface area contributed by atoms with Gasteiger partial charge in [-0.3, -0.25) is 9.36 Å². The molecular formula is C18H17FN2OS. The van der Waals surface area contributed by atoms with Crippen molar-refractivity contribution in [2.24, 2.45) is 0 Å². The fraction of sp³-hybridized carbons (Fsp3) is 0.222. The number of halogens is 1. The molecule has 0 aliphatic rings. The Morgan fingerprint density at radius 1 is 1.26 bits per heavy atom. The molecule has 3 rings (SSSR count). The van der Waals surface area contributed by atoms with E-state index in [1.165, 1.54) is 17.0 Å². The lowest BCUT2D eigenvalue weighted by Crippen LogP contribution is -2.20. The molecule has 118 valence electrons. The summed E-state index contributed by atoms with van der Waals surface area (Å²) in [5, 5.41) is 0.484. The van der Waals surface area contributed by atoms with Crippen molar-refractivity contribution in [1.29, 1.82) is 0 Å². The van der Waals surface area contributed by atoms with Gasteiger partial charge in [0.2, 0.25) is 0 Å². The van der Waals surface area contributed by atoms with Gasteiger partial charge in [-0.25, -0.2) is 9.37 Å². The number of fused-ring (bicyclic) bond motifs is 1. The molecule has 2 aromatic carbocycles. The summed E-state index contributed by atoms with van der Waals surface area (Å²) < 4.78 is 15.7. The lowest BCUT2D eigenvalue weighted by Gasteiger charge is -2.12. The van der Waals surface area contributed by atoms with Crippen molar-refractivity contribution in [1.82, 2.24) is 9.55 Å². The molecule has 0 N–H and O–H groups in total. The zero-order chi connectivity index (χ0) is 16.4. The number of aryl methyl sites for hydroxylation is 1. The minimum absolute atomic E-state index is 0.248. The van der Waals surface area contributed by atoms with Gasteiger partial charge in [-0.05, 0) is 48.9 Å². The maximum Gasteiger partial charge on any atom is 0.265 e. The summed E-state index contributed by atoms with van der Waals surface area (Å²) in [6.45, 7) is 3.98. The molecule has 0 aliphatic heterocycles. The summed E-state index contributed by atoms with van der Waals surface area (Å²) in [7, 11) is 0. The van der Waals surface area contributed by atoms with Crippen molar-refractivity contribution in [3.8, 4) is 5.69 Å². The van der Waals surface area contributed by atoms with E-state index in [0.29, 0.717) is 10.9 Å². The zero-order valence-corrected chi connectivity index (χ0v) is 13.9. The first-order chi connectivity index (χ1) is 11.1. The topological polar surface area (TPSA) is 34.9 Å². The Bertz CT molecular complexity index is 921. The van der Waals surface area contributed by atoms with Gasteiger partial charge in [0.05, 0.1) is 16.6 Å². The molecule has 5 heteroatoms. The fourth-order valence-corrected chi connectivity index (χ4v) is 3.34. The number of nitrogens with zero attached hydrogens (tertiary/aromatic N) is 2. The van der Waals surface area contributed by atoms with E-state index in [1.807, 2.05) is 13.0 Å². The molecule has 0 saturated heterocycles. The summed E-state index contributed by atoms with van der Waals surface area (Å²) >= 11 is 1.67. The summed E-state index contributed by atoms with van der Waals surface area (Å²) in [6, 6.07) is 10.3. The Balaban J connectivity index is 2.18. The Hall–Kier alpha value is -2.14. The van der Waals surface area contributed by atoms with Crippen LogP contribution in [-0.4, -0.2) is 15.3 Å². The minimum atomic E-state index is -0.414.